The molecule has 3 rings (SSSR count). The Morgan fingerprint density at radius 2 is 1.68 bits per heavy atom. The molecule has 146 valence electrons. The SMILES string of the molecule is Cc1ccc(CCNC(=O)Nc2ccc3c(c2)C(=O)N(CC(C)C)C3=O)cc1. The third-order valence-electron chi connectivity index (χ3n) is 4.60. The number of urea groups is 1. The summed E-state index contributed by atoms with van der Waals surface area (Å²) in [6, 6.07) is 12.6. The van der Waals surface area contributed by atoms with Crippen molar-refractivity contribution in [3.63, 3.8) is 0 Å². The van der Waals surface area contributed by atoms with Gasteiger partial charge >= 0.3 is 6.03 Å². The first-order valence-corrected chi connectivity index (χ1v) is 9.46. The lowest BCUT2D eigenvalue weighted by Crippen LogP contribution is -2.33. The fourth-order valence-electron chi connectivity index (χ4n) is 3.15. The van der Waals surface area contributed by atoms with E-state index in [2.05, 4.69) is 10.6 Å². The summed E-state index contributed by atoms with van der Waals surface area (Å²) in [6.07, 6.45) is 0.731. The van der Waals surface area contributed by atoms with E-state index in [4.69, 9.17) is 0 Å². The van der Waals surface area contributed by atoms with E-state index < -0.39 is 0 Å². The number of nitrogens with zero attached hydrogens (tertiary/aromatic N) is 1. The van der Waals surface area contributed by atoms with Gasteiger partial charge in [-0.3, -0.25) is 14.5 Å². The quantitative estimate of drug-likeness (QED) is 0.753. The van der Waals surface area contributed by atoms with E-state index in [1.807, 2.05) is 45.0 Å². The molecule has 0 saturated heterocycles. The first kappa shape index (κ1) is 19.6. The number of hydrogen-bond acceptors (Lipinski definition) is 3. The number of nitrogens with one attached hydrogen (secondary N) is 2. The standard InChI is InChI=1S/C22H25N3O3/c1-14(2)13-25-20(26)18-9-8-17(12-19(18)21(25)27)24-22(28)23-11-10-16-6-4-15(3)5-7-16/h4-9,12,14H,10-11,13H2,1-3H3,(H2,23,24,28). The predicted molar refractivity (Wildman–Crippen MR) is 109 cm³/mol. The first-order chi connectivity index (χ1) is 13.3. The molecule has 4 amide bonds. The van der Waals surface area contributed by atoms with Crippen LogP contribution in [0.2, 0.25) is 0 Å². The van der Waals surface area contributed by atoms with Crippen LogP contribution in [0.15, 0.2) is 42.5 Å². The van der Waals surface area contributed by atoms with Gasteiger partial charge in [0.15, 0.2) is 0 Å². The molecule has 2 aromatic carbocycles. The molecule has 0 saturated carbocycles. The molecule has 0 fully saturated rings. The van der Waals surface area contributed by atoms with Gasteiger partial charge in [0, 0.05) is 18.8 Å². The second kappa shape index (κ2) is 8.25. The third-order valence-corrected chi connectivity index (χ3v) is 4.60. The normalized spacial score (nSPS) is 13.1. The van der Waals surface area contributed by atoms with Crippen molar-refractivity contribution >= 4 is 23.5 Å². The minimum atomic E-state index is -0.345. The second-order valence-corrected chi connectivity index (χ2v) is 7.49. The Morgan fingerprint density at radius 3 is 2.36 bits per heavy atom. The fourth-order valence-corrected chi connectivity index (χ4v) is 3.15. The monoisotopic (exact) mass is 379 g/mol. The van der Waals surface area contributed by atoms with Crippen molar-refractivity contribution in [1.29, 1.82) is 0 Å². The molecule has 1 aliphatic rings. The van der Waals surface area contributed by atoms with Gasteiger partial charge in [0.05, 0.1) is 11.1 Å². The lowest BCUT2D eigenvalue weighted by molar-refractivity contribution is 0.0636. The van der Waals surface area contributed by atoms with Crippen molar-refractivity contribution < 1.29 is 14.4 Å². The van der Waals surface area contributed by atoms with Crippen LogP contribution in [0.3, 0.4) is 0 Å². The first-order valence-electron chi connectivity index (χ1n) is 9.46. The molecule has 6 heteroatoms. The number of aryl methyl sites for hydroxylation is 1. The van der Waals surface area contributed by atoms with Gasteiger partial charge in [-0.1, -0.05) is 43.7 Å². The largest absolute Gasteiger partial charge is 0.338 e. The van der Waals surface area contributed by atoms with E-state index in [0.717, 1.165) is 12.0 Å². The summed E-state index contributed by atoms with van der Waals surface area (Å²) in [7, 11) is 0. The van der Waals surface area contributed by atoms with Crippen molar-refractivity contribution in [2.24, 2.45) is 5.92 Å². The topological polar surface area (TPSA) is 78.5 Å². The number of amides is 4. The number of imide groups is 1. The summed E-state index contributed by atoms with van der Waals surface area (Å²) < 4.78 is 0. The van der Waals surface area contributed by atoms with E-state index >= 15 is 0 Å². The Hall–Kier alpha value is -3.15. The highest BCUT2D eigenvalue weighted by Gasteiger charge is 2.35. The minimum absolute atomic E-state index is 0.194. The zero-order valence-electron chi connectivity index (χ0n) is 16.4. The molecule has 0 atom stereocenters. The highest BCUT2D eigenvalue weighted by atomic mass is 16.2. The zero-order valence-corrected chi connectivity index (χ0v) is 16.4. The average molecular weight is 379 g/mol. The van der Waals surface area contributed by atoms with E-state index in [0.29, 0.717) is 29.9 Å². The summed E-state index contributed by atoms with van der Waals surface area (Å²) in [5, 5.41) is 5.53. The molecule has 0 spiro atoms. The zero-order chi connectivity index (χ0) is 20.3. The van der Waals surface area contributed by atoms with Crippen LogP contribution in [0, 0.1) is 12.8 Å². The number of carbonyl (C=O) groups is 3. The molecular weight excluding hydrogens is 354 g/mol. The van der Waals surface area contributed by atoms with Crippen LogP contribution in [0.5, 0.6) is 0 Å². The van der Waals surface area contributed by atoms with Crippen LogP contribution in [-0.4, -0.2) is 35.8 Å². The van der Waals surface area contributed by atoms with E-state index in [-0.39, 0.29) is 23.8 Å². The Kier molecular flexibility index (Phi) is 5.78. The van der Waals surface area contributed by atoms with Crippen molar-refractivity contribution in [3.05, 3.63) is 64.7 Å². The summed E-state index contributed by atoms with van der Waals surface area (Å²) in [4.78, 5) is 38.3. The molecule has 0 unspecified atom stereocenters. The van der Waals surface area contributed by atoms with E-state index in [1.54, 1.807) is 18.2 Å². The smallest absolute Gasteiger partial charge is 0.319 e. The van der Waals surface area contributed by atoms with Crippen molar-refractivity contribution in [2.75, 3.05) is 18.4 Å². The van der Waals surface area contributed by atoms with Crippen LogP contribution in [0.25, 0.3) is 0 Å². The van der Waals surface area contributed by atoms with Crippen LogP contribution >= 0.6 is 0 Å². The maximum atomic E-state index is 12.5. The van der Waals surface area contributed by atoms with Gasteiger partial charge in [-0.2, -0.15) is 0 Å². The van der Waals surface area contributed by atoms with Crippen LogP contribution in [-0.2, 0) is 6.42 Å². The summed E-state index contributed by atoms with van der Waals surface area (Å²) >= 11 is 0. The fraction of sp³-hybridized carbons (Fsp3) is 0.318. The summed E-state index contributed by atoms with van der Waals surface area (Å²) in [5.41, 5.74) is 3.56. The molecule has 0 bridgehead atoms. The van der Waals surface area contributed by atoms with E-state index in [1.165, 1.54) is 10.5 Å². The molecule has 28 heavy (non-hydrogen) atoms. The van der Waals surface area contributed by atoms with Crippen molar-refractivity contribution in [3.8, 4) is 0 Å². The summed E-state index contributed by atoms with van der Waals surface area (Å²) in [6.45, 7) is 6.83. The predicted octanol–water partition coefficient (Wildman–Crippen LogP) is 3.61. The van der Waals surface area contributed by atoms with Crippen molar-refractivity contribution in [1.82, 2.24) is 10.2 Å². The Morgan fingerprint density at radius 1 is 1.00 bits per heavy atom. The van der Waals surface area contributed by atoms with Gasteiger partial charge in [0.1, 0.15) is 0 Å². The molecule has 0 aromatic heterocycles. The number of carbonyl (C=O) groups excluding carboxylic acids is 3. The molecule has 0 radical (unpaired) electrons. The van der Waals surface area contributed by atoms with Gasteiger partial charge < -0.3 is 10.6 Å². The van der Waals surface area contributed by atoms with Crippen LogP contribution < -0.4 is 10.6 Å². The third kappa shape index (κ3) is 4.39. The summed E-state index contributed by atoms with van der Waals surface area (Å²) in [5.74, 6) is -0.390. The van der Waals surface area contributed by atoms with Gasteiger partial charge in [0.25, 0.3) is 11.8 Å². The van der Waals surface area contributed by atoms with Gasteiger partial charge in [-0.25, -0.2) is 4.79 Å². The van der Waals surface area contributed by atoms with E-state index in [9.17, 15) is 14.4 Å². The second-order valence-electron chi connectivity index (χ2n) is 7.49. The number of fused-ring (bicyclic) bond motifs is 1. The highest BCUT2D eigenvalue weighted by Crippen LogP contribution is 2.26. The average Bonchev–Trinajstić information content (AvgIpc) is 2.87. The molecule has 6 nitrogen and oxygen atoms in total. The molecule has 1 aliphatic heterocycles. The highest BCUT2D eigenvalue weighted by molar-refractivity contribution is 6.21. The lowest BCUT2D eigenvalue weighted by atomic mass is 10.1. The van der Waals surface area contributed by atoms with Gasteiger partial charge in [-0.05, 0) is 43.0 Å². The molecule has 2 N–H and O–H groups in total. The van der Waals surface area contributed by atoms with Crippen molar-refractivity contribution in [2.45, 2.75) is 27.2 Å². The Bertz CT molecular complexity index is 904. The Labute approximate surface area is 164 Å². The van der Waals surface area contributed by atoms with Gasteiger partial charge in [-0.15, -0.1) is 0 Å². The molecule has 1 heterocycles. The molecule has 0 aliphatic carbocycles. The van der Waals surface area contributed by atoms with Crippen LogP contribution in [0.1, 0.15) is 45.7 Å². The maximum absolute atomic E-state index is 12.5. The Balaban J connectivity index is 1.58. The minimum Gasteiger partial charge on any atom is -0.338 e. The maximum Gasteiger partial charge on any atom is 0.319 e. The lowest BCUT2D eigenvalue weighted by Gasteiger charge is -2.15. The van der Waals surface area contributed by atoms with Crippen LogP contribution in [0.4, 0.5) is 10.5 Å². The number of rotatable bonds is 6. The van der Waals surface area contributed by atoms with Gasteiger partial charge in [0.2, 0.25) is 0 Å². The number of hydrogen-bond donors (Lipinski definition) is 2. The molecule has 2 aromatic rings. The number of benzene rings is 2. The molecular formula is C22H25N3O3. The number of anilines is 1.